The number of carbonyl (C=O) groups excluding carboxylic acids is 2. The molecule has 136 valence electrons. The van der Waals surface area contributed by atoms with Crippen LogP contribution in [-0.4, -0.2) is 56.7 Å². The molecule has 0 saturated carbocycles. The number of aromatic nitrogens is 2. The first-order chi connectivity index (χ1) is 12.1. The van der Waals surface area contributed by atoms with Gasteiger partial charge in [-0.15, -0.1) is 11.3 Å². The van der Waals surface area contributed by atoms with Gasteiger partial charge in [-0.3, -0.25) is 14.0 Å². The van der Waals surface area contributed by atoms with Crippen LogP contribution in [0.2, 0.25) is 0 Å². The molecule has 0 unspecified atom stereocenters. The fourth-order valence-electron chi connectivity index (χ4n) is 3.28. The lowest BCUT2D eigenvalue weighted by molar-refractivity contribution is -0.141. The number of imidazole rings is 1. The summed E-state index contributed by atoms with van der Waals surface area (Å²) in [6.45, 7) is 5.74. The van der Waals surface area contributed by atoms with E-state index in [9.17, 15) is 9.59 Å². The Bertz CT molecular complexity index is 728. The summed E-state index contributed by atoms with van der Waals surface area (Å²) in [6.07, 6.45) is 8.41. The van der Waals surface area contributed by atoms with Crippen molar-refractivity contribution >= 4 is 28.1 Å². The average molecular weight is 362 g/mol. The normalized spacial score (nSPS) is 15.6. The largest absolute Gasteiger partial charge is 0.341 e. The van der Waals surface area contributed by atoms with E-state index in [2.05, 4.69) is 4.98 Å². The molecule has 1 aliphatic rings. The van der Waals surface area contributed by atoms with E-state index in [1.165, 1.54) is 24.2 Å². The molecular formula is C18H26N4O2S. The smallest absolute Gasteiger partial charge is 0.242 e. The van der Waals surface area contributed by atoms with Crippen LogP contribution in [0.15, 0.2) is 17.8 Å². The maximum Gasteiger partial charge on any atom is 0.242 e. The number of likely N-dealkylation sites (tertiary alicyclic amines) is 1. The van der Waals surface area contributed by atoms with Gasteiger partial charge in [0.05, 0.1) is 13.0 Å². The van der Waals surface area contributed by atoms with Crippen molar-refractivity contribution in [3.05, 3.63) is 23.5 Å². The maximum absolute atomic E-state index is 12.8. The summed E-state index contributed by atoms with van der Waals surface area (Å²) in [6, 6.07) is 0.000317. The molecule has 0 N–H and O–H groups in total. The summed E-state index contributed by atoms with van der Waals surface area (Å²) in [7, 11) is 0. The molecule has 3 rings (SSSR count). The van der Waals surface area contributed by atoms with Crippen LogP contribution in [0.1, 0.15) is 45.2 Å². The Kier molecular flexibility index (Phi) is 5.73. The maximum atomic E-state index is 12.8. The van der Waals surface area contributed by atoms with Crippen LogP contribution in [0.4, 0.5) is 0 Å². The van der Waals surface area contributed by atoms with E-state index in [4.69, 9.17) is 0 Å². The number of amides is 2. The fourth-order valence-corrected chi connectivity index (χ4v) is 4.13. The Labute approximate surface area is 152 Å². The minimum Gasteiger partial charge on any atom is -0.341 e. The van der Waals surface area contributed by atoms with Gasteiger partial charge in [0.2, 0.25) is 11.8 Å². The molecule has 7 heteroatoms. The lowest BCUT2D eigenvalue weighted by Gasteiger charge is -2.29. The van der Waals surface area contributed by atoms with Crippen LogP contribution in [0, 0.1) is 0 Å². The second-order valence-corrected chi connectivity index (χ2v) is 7.73. The standard InChI is InChI=1S/C18H26N4O2S/c1-14(2)22(12-17(24)20-8-5-3-4-6-9-20)16(23)11-15-13-25-18-19-7-10-21(15)18/h7,10,13-14H,3-6,8-9,11-12H2,1-2H3. The highest BCUT2D eigenvalue weighted by Gasteiger charge is 2.24. The molecule has 2 aromatic heterocycles. The van der Waals surface area contributed by atoms with Gasteiger partial charge < -0.3 is 9.80 Å². The Balaban J connectivity index is 1.66. The zero-order chi connectivity index (χ0) is 17.8. The van der Waals surface area contributed by atoms with Crippen molar-refractivity contribution in [3.8, 4) is 0 Å². The summed E-state index contributed by atoms with van der Waals surface area (Å²) in [5, 5.41) is 1.97. The first-order valence-electron chi connectivity index (χ1n) is 9.03. The molecule has 1 fully saturated rings. The highest BCUT2D eigenvalue weighted by molar-refractivity contribution is 7.15. The zero-order valence-corrected chi connectivity index (χ0v) is 15.8. The Morgan fingerprint density at radius 3 is 2.64 bits per heavy atom. The lowest BCUT2D eigenvalue weighted by atomic mass is 10.2. The van der Waals surface area contributed by atoms with E-state index >= 15 is 0 Å². The molecule has 1 aliphatic heterocycles. The number of thiazole rings is 1. The van der Waals surface area contributed by atoms with E-state index in [0.717, 1.165) is 36.6 Å². The third-order valence-electron chi connectivity index (χ3n) is 4.76. The molecule has 2 amide bonds. The topological polar surface area (TPSA) is 57.9 Å². The van der Waals surface area contributed by atoms with Gasteiger partial charge in [-0.2, -0.15) is 0 Å². The van der Waals surface area contributed by atoms with Crippen molar-refractivity contribution in [3.63, 3.8) is 0 Å². The van der Waals surface area contributed by atoms with E-state index < -0.39 is 0 Å². The van der Waals surface area contributed by atoms with Crippen LogP contribution in [0.25, 0.3) is 4.96 Å². The average Bonchev–Trinajstić information content (AvgIpc) is 3.08. The second kappa shape index (κ2) is 7.99. The number of carbonyl (C=O) groups is 2. The Morgan fingerprint density at radius 2 is 1.96 bits per heavy atom. The third-order valence-corrected chi connectivity index (χ3v) is 5.66. The van der Waals surface area contributed by atoms with E-state index in [0.29, 0.717) is 6.42 Å². The van der Waals surface area contributed by atoms with Gasteiger partial charge in [0.1, 0.15) is 0 Å². The number of fused-ring (bicyclic) bond motifs is 1. The van der Waals surface area contributed by atoms with Crippen LogP contribution in [0.5, 0.6) is 0 Å². The quantitative estimate of drug-likeness (QED) is 0.821. The molecular weight excluding hydrogens is 336 g/mol. The Morgan fingerprint density at radius 1 is 1.24 bits per heavy atom. The first kappa shape index (κ1) is 17.9. The van der Waals surface area contributed by atoms with Crippen molar-refractivity contribution < 1.29 is 9.59 Å². The molecule has 0 atom stereocenters. The number of rotatable bonds is 5. The molecule has 0 radical (unpaired) electrons. The minimum atomic E-state index is -0.00780. The van der Waals surface area contributed by atoms with Gasteiger partial charge >= 0.3 is 0 Å². The highest BCUT2D eigenvalue weighted by Crippen LogP contribution is 2.17. The number of nitrogens with zero attached hydrogens (tertiary/aromatic N) is 4. The lowest BCUT2D eigenvalue weighted by Crippen LogP contribution is -2.46. The van der Waals surface area contributed by atoms with Gasteiger partial charge in [0, 0.05) is 42.6 Å². The monoisotopic (exact) mass is 362 g/mol. The molecule has 0 aromatic carbocycles. The molecule has 2 aromatic rings. The van der Waals surface area contributed by atoms with E-state index in [1.807, 2.05) is 34.7 Å². The zero-order valence-electron chi connectivity index (χ0n) is 15.0. The Hall–Kier alpha value is -1.89. The van der Waals surface area contributed by atoms with E-state index in [1.54, 1.807) is 11.1 Å². The minimum absolute atomic E-state index is 0.000317. The van der Waals surface area contributed by atoms with Gasteiger partial charge in [-0.1, -0.05) is 12.8 Å². The van der Waals surface area contributed by atoms with Gasteiger partial charge in [0.15, 0.2) is 4.96 Å². The molecule has 25 heavy (non-hydrogen) atoms. The fraction of sp³-hybridized carbons (Fsp3) is 0.611. The van der Waals surface area contributed by atoms with Crippen molar-refractivity contribution in [2.24, 2.45) is 0 Å². The second-order valence-electron chi connectivity index (χ2n) is 6.89. The number of hydrogen-bond acceptors (Lipinski definition) is 4. The predicted octanol–water partition coefficient (Wildman–Crippen LogP) is 2.58. The summed E-state index contributed by atoms with van der Waals surface area (Å²) >= 11 is 1.53. The molecule has 1 saturated heterocycles. The molecule has 3 heterocycles. The summed E-state index contributed by atoms with van der Waals surface area (Å²) in [4.78, 5) is 34.2. The molecule has 0 bridgehead atoms. The number of hydrogen-bond donors (Lipinski definition) is 0. The van der Waals surface area contributed by atoms with Gasteiger partial charge in [-0.25, -0.2) is 4.98 Å². The summed E-state index contributed by atoms with van der Waals surface area (Å²) < 4.78 is 1.94. The van der Waals surface area contributed by atoms with Gasteiger partial charge in [0.25, 0.3) is 0 Å². The van der Waals surface area contributed by atoms with Gasteiger partial charge in [-0.05, 0) is 26.7 Å². The van der Waals surface area contributed by atoms with Crippen molar-refractivity contribution in [2.45, 2.75) is 52.0 Å². The van der Waals surface area contributed by atoms with E-state index in [-0.39, 0.29) is 24.4 Å². The van der Waals surface area contributed by atoms with Crippen LogP contribution in [-0.2, 0) is 16.0 Å². The van der Waals surface area contributed by atoms with Crippen LogP contribution in [0.3, 0.4) is 0 Å². The highest BCUT2D eigenvalue weighted by atomic mass is 32.1. The summed E-state index contributed by atoms with van der Waals surface area (Å²) in [5.41, 5.74) is 0.926. The first-order valence-corrected chi connectivity index (χ1v) is 9.91. The van der Waals surface area contributed by atoms with Crippen molar-refractivity contribution in [2.75, 3.05) is 19.6 Å². The summed E-state index contributed by atoms with van der Waals surface area (Å²) in [5.74, 6) is 0.0635. The van der Waals surface area contributed by atoms with Crippen molar-refractivity contribution in [1.29, 1.82) is 0 Å². The molecule has 0 spiro atoms. The molecule has 0 aliphatic carbocycles. The van der Waals surface area contributed by atoms with Crippen LogP contribution < -0.4 is 0 Å². The molecule has 6 nitrogen and oxygen atoms in total. The predicted molar refractivity (Wildman–Crippen MR) is 98.7 cm³/mol. The third kappa shape index (κ3) is 4.21. The van der Waals surface area contributed by atoms with Crippen LogP contribution >= 0.6 is 11.3 Å². The SMILES string of the molecule is CC(C)N(CC(=O)N1CCCCCC1)C(=O)Cc1csc2nccn12. The van der Waals surface area contributed by atoms with Crippen molar-refractivity contribution in [1.82, 2.24) is 19.2 Å².